The number of phenolic OH excluding ortho intramolecular Hbond substituents is 2. The van der Waals surface area contributed by atoms with Crippen LogP contribution in [0.25, 0.3) is 11.1 Å². The molecule has 1 fully saturated rings. The fourth-order valence-electron chi connectivity index (χ4n) is 16.7. The van der Waals surface area contributed by atoms with Gasteiger partial charge in [-0.1, -0.05) is 87.4 Å². The number of hydrogen-bond acceptors (Lipinski definition) is 18. The highest BCUT2D eigenvalue weighted by Gasteiger charge is 2.40. The molecule has 0 saturated carbocycles. The Labute approximate surface area is 725 Å². The number of carbonyl (C=O) groups excluding carboxylic acids is 6. The minimum Gasteiger partial charge on any atom is -0.508 e. The van der Waals surface area contributed by atoms with Crippen LogP contribution in [-0.4, -0.2) is 245 Å². The third-order valence-electron chi connectivity index (χ3n) is 23.3. The number of amides is 7. The number of allylic oxidation sites excluding steroid dienone is 4. The van der Waals surface area contributed by atoms with Gasteiger partial charge in [-0.25, -0.2) is 19.0 Å². The number of aromatic hydroxyl groups is 2. The number of phenols is 2. The van der Waals surface area contributed by atoms with E-state index in [4.69, 9.17) is 14.6 Å². The van der Waals surface area contributed by atoms with Gasteiger partial charge in [-0.05, 0) is 190 Å². The molecule has 3 atom stereocenters. The number of fused-ring (bicyclic) bond motifs is 4. The Morgan fingerprint density at radius 2 is 1.15 bits per heavy atom. The van der Waals surface area contributed by atoms with E-state index in [0.29, 0.717) is 92.3 Å². The Bertz CT molecular complexity index is 4740. The fourth-order valence-corrected chi connectivity index (χ4v) is 16.7. The summed E-state index contributed by atoms with van der Waals surface area (Å²) in [6.45, 7) is 21.7. The average molecular weight is 1720 g/mol. The van der Waals surface area contributed by atoms with Crippen LogP contribution in [0, 0.1) is 0 Å². The minimum absolute atomic E-state index is 0.0179. The lowest BCUT2D eigenvalue weighted by atomic mass is 9.65. The second-order valence-corrected chi connectivity index (χ2v) is 33.5. The normalized spacial score (nSPS) is 16.1. The highest BCUT2D eigenvalue weighted by atomic mass is 16.5. The largest absolute Gasteiger partial charge is 0.508 e. The van der Waals surface area contributed by atoms with Gasteiger partial charge in [0.2, 0.25) is 29.0 Å². The van der Waals surface area contributed by atoms with Crippen LogP contribution in [0.4, 0.5) is 4.79 Å². The first-order valence-electron chi connectivity index (χ1n) is 43.4. The number of carboxylic acids is 5. The molecule has 124 heavy (non-hydrogen) atoms. The zero-order chi connectivity index (χ0) is 90.2. The van der Waals surface area contributed by atoms with E-state index in [1.165, 1.54) is 60.7 Å². The van der Waals surface area contributed by atoms with E-state index in [1.807, 2.05) is 18.2 Å². The molecule has 14 N–H and O–H groups in total. The van der Waals surface area contributed by atoms with Crippen molar-refractivity contribution in [3.8, 4) is 11.5 Å². The number of carbonyl (C=O) groups is 11. The predicted octanol–water partition coefficient (Wildman–Crippen LogP) is 7.20. The summed E-state index contributed by atoms with van der Waals surface area (Å²) in [6, 6.07) is 18.7. The predicted molar refractivity (Wildman–Crippen MR) is 469 cm³/mol. The van der Waals surface area contributed by atoms with Crippen LogP contribution in [0.15, 0.2) is 114 Å². The molecule has 4 aromatic rings. The number of benzene rings is 4. The number of aryl methyl sites for hydroxylation is 2. The number of carboxylic acid groups (broad SMARTS) is 5. The first-order valence-corrected chi connectivity index (χ1v) is 43.4. The number of urea groups is 1. The molecule has 0 spiro atoms. The zero-order valence-electron chi connectivity index (χ0n) is 72.9. The Hall–Kier alpha value is -11.1. The van der Waals surface area contributed by atoms with E-state index in [9.17, 15) is 83.4 Å². The first kappa shape index (κ1) is 98.3. The van der Waals surface area contributed by atoms with Crippen molar-refractivity contribution in [1.29, 1.82) is 0 Å². The minimum atomic E-state index is -1.53. The molecule has 0 radical (unpaired) electrons. The van der Waals surface area contributed by atoms with Gasteiger partial charge in [-0.2, -0.15) is 0 Å². The molecule has 0 aromatic heterocycles. The third-order valence-corrected chi connectivity index (χ3v) is 23.3. The maximum absolute atomic E-state index is 14.9. The zero-order valence-corrected chi connectivity index (χ0v) is 72.9. The topological polar surface area (TPSA) is 445 Å². The summed E-state index contributed by atoms with van der Waals surface area (Å²) in [6.07, 6.45) is 12.9. The Balaban J connectivity index is 0.702. The van der Waals surface area contributed by atoms with E-state index in [1.54, 1.807) is 36.2 Å². The Morgan fingerprint density at radius 1 is 0.597 bits per heavy atom. The van der Waals surface area contributed by atoms with Crippen LogP contribution in [0.3, 0.4) is 0 Å². The van der Waals surface area contributed by atoms with Crippen LogP contribution < -0.4 is 52.4 Å². The Kier molecular flexibility index (Phi) is 38.2. The van der Waals surface area contributed by atoms with E-state index in [0.717, 1.165) is 67.1 Å². The molecule has 2 heterocycles. The second kappa shape index (κ2) is 48.2. The van der Waals surface area contributed by atoms with Crippen LogP contribution in [-0.2, 0) is 84.0 Å². The van der Waals surface area contributed by atoms with Crippen molar-refractivity contribution in [2.24, 2.45) is 0 Å². The summed E-state index contributed by atoms with van der Waals surface area (Å²) in [5, 5.41) is 90.9. The van der Waals surface area contributed by atoms with Crippen molar-refractivity contribution in [2.75, 3.05) is 105 Å². The number of likely N-dealkylation sites (N-methyl/N-ethyl adjacent to an activating group) is 1. The number of nitrogens with zero attached hydrogens (tertiary/aromatic N) is 4. The number of nitrogens with one attached hydrogen (secondary N) is 7. The molecule has 8 rings (SSSR count). The van der Waals surface area contributed by atoms with Crippen molar-refractivity contribution in [1.82, 2.24) is 56.5 Å². The summed E-state index contributed by atoms with van der Waals surface area (Å²) in [5.41, 5.74) is 13.0. The molecule has 7 amide bonds. The molecular formula is C93H128N11O20+. The van der Waals surface area contributed by atoms with Gasteiger partial charge in [0.25, 0.3) is 5.91 Å². The standard InChI is InChI=1S/C93H127N11O20/c1-9-104-77-54-73-71(53-69(77)60(2)55-92(104,4)5)87(70-52-64-37-40-94-74(61(64)3)23-15-14-22-72(70)93(73,6)7)67-20-12-13-21-68(67)88(117)101(8)43-19-26-81(108)97-41-46-123-48-49-124-47-42-98-83(110)35-30-63-28-33-79(106)66(51-63)57-103(59-86(115)116)45-44-102(58-85(113)114)56-65-50-62(27-32-78(65)105)29-34-82(109)96-38-17-10-11-25-80(107)95-39-18-16-24-75(89(118)119)99-91(122)100-76(90(120)121)31-36-84(111)112/h12-13,20-21,27-28,32-33,50-55,74-76,94H,3,9-11,14-19,22-26,29-31,34-49,56-59H2,1-2,4-8H3,(H12-,95,96,97,98,99,100,105,106,107,108,109,110,111,112,113,114,115,116,118,119,120,121,122)/p+1/b64-52-. The summed E-state index contributed by atoms with van der Waals surface area (Å²) in [5.74, 6) is -7.60. The van der Waals surface area contributed by atoms with Crippen molar-refractivity contribution in [3.63, 3.8) is 0 Å². The van der Waals surface area contributed by atoms with Gasteiger partial charge in [-0.15, -0.1) is 0 Å². The first-order chi connectivity index (χ1) is 59.1. The molecule has 4 aliphatic rings. The lowest BCUT2D eigenvalue weighted by Crippen LogP contribution is -2.51. The van der Waals surface area contributed by atoms with Gasteiger partial charge in [0.15, 0.2) is 5.54 Å². The summed E-state index contributed by atoms with van der Waals surface area (Å²) in [7, 11) is 1.80. The van der Waals surface area contributed by atoms with Crippen molar-refractivity contribution in [2.45, 2.75) is 212 Å². The van der Waals surface area contributed by atoms with Gasteiger partial charge in [0.05, 0.1) is 39.5 Å². The molecule has 2 aliphatic heterocycles. The Morgan fingerprint density at radius 3 is 1.71 bits per heavy atom. The summed E-state index contributed by atoms with van der Waals surface area (Å²) < 4.78 is 13.9. The molecule has 2 aliphatic carbocycles. The lowest BCUT2D eigenvalue weighted by molar-refractivity contribution is -0.141. The van der Waals surface area contributed by atoms with Gasteiger partial charge >= 0.3 is 35.9 Å². The van der Waals surface area contributed by atoms with Gasteiger partial charge in [0.1, 0.15) is 30.1 Å². The molecule has 4 aromatic carbocycles. The monoisotopic (exact) mass is 1720 g/mol. The number of unbranched alkanes of at least 4 members (excludes halogenated alkanes) is 3. The molecular weight excluding hydrogens is 1590 g/mol. The molecule has 674 valence electrons. The lowest BCUT2D eigenvalue weighted by Gasteiger charge is -2.39. The van der Waals surface area contributed by atoms with Crippen LogP contribution in [0.5, 0.6) is 11.5 Å². The second-order valence-electron chi connectivity index (χ2n) is 33.5. The molecule has 3 unspecified atom stereocenters. The SMILES string of the molecule is C=C1/C2=C\C3=C(CCCCC1NCC2)C(C)(C)c1cc2c(cc1=C3c1ccccc1C(=O)N(C)CCCC(=O)NCCOCCOCCNC(=O)CCc1ccc(O)c(CN(CCN(CC(=O)O)Cc3cc(CCC(=O)NCCCCCC(=O)NCCCCC(NC(=O)NC(CCC(=O)O)C(=O)O)C(=O)O)ccc3O)CC(=O)O)c1)C(C)=CC(C)(C)[N+]=2CC. The van der Waals surface area contributed by atoms with Gasteiger partial charge in [0, 0.05) is 152 Å². The number of aliphatic carboxylic acids is 5. The molecule has 31 heteroatoms. The summed E-state index contributed by atoms with van der Waals surface area (Å²) >= 11 is 0. The molecule has 1 saturated heterocycles. The number of hydrogen-bond donors (Lipinski definition) is 14. The maximum Gasteiger partial charge on any atom is 0.326 e. The quantitative estimate of drug-likeness (QED) is 0.0153. The average Bonchev–Trinajstić information content (AvgIpc) is 0.707. The van der Waals surface area contributed by atoms with Gasteiger partial charge < -0.3 is 87.3 Å². The van der Waals surface area contributed by atoms with Gasteiger partial charge in [-0.3, -0.25) is 48.2 Å². The van der Waals surface area contributed by atoms with E-state index >= 15 is 0 Å². The molecule has 31 nitrogen and oxygen atoms in total. The van der Waals surface area contributed by atoms with E-state index in [-0.39, 0.29) is 162 Å². The molecule has 2 bridgehead atoms. The smallest absolute Gasteiger partial charge is 0.326 e. The van der Waals surface area contributed by atoms with Crippen molar-refractivity contribution in [3.05, 3.63) is 169 Å². The number of piperidine rings is 1. The van der Waals surface area contributed by atoms with Crippen molar-refractivity contribution < 1.29 is 98.0 Å². The maximum atomic E-state index is 14.9. The van der Waals surface area contributed by atoms with Crippen molar-refractivity contribution >= 4 is 76.6 Å². The highest BCUT2D eigenvalue weighted by Crippen LogP contribution is 2.46. The fraction of sp³-hybridized carbons (Fsp3) is 0.527. The van der Waals surface area contributed by atoms with E-state index < -0.39 is 73.9 Å². The highest BCUT2D eigenvalue weighted by molar-refractivity contribution is 6.02. The summed E-state index contributed by atoms with van der Waals surface area (Å²) in [4.78, 5) is 141. The number of rotatable bonds is 51. The van der Waals surface area contributed by atoms with Crippen LogP contribution in [0.1, 0.15) is 206 Å². The third kappa shape index (κ3) is 29.8. The van der Waals surface area contributed by atoms with Crippen LogP contribution >= 0.6 is 0 Å². The van der Waals surface area contributed by atoms with E-state index in [2.05, 4.69) is 120 Å². The number of ether oxygens (including phenoxy) is 2. The van der Waals surface area contributed by atoms with Crippen LogP contribution in [0.2, 0.25) is 0 Å².